The molecule has 0 saturated carbocycles. The molecule has 0 unspecified atom stereocenters. The van der Waals surface area contributed by atoms with Gasteiger partial charge >= 0.3 is 0 Å². The number of aromatic nitrogens is 2. The van der Waals surface area contributed by atoms with Gasteiger partial charge in [0, 0.05) is 43.5 Å². The number of amides is 1. The molecule has 1 aromatic carbocycles. The molecule has 1 aliphatic rings. The average Bonchev–Trinajstić information content (AvgIpc) is 3.00. The van der Waals surface area contributed by atoms with Gasteiger partial charge in [-0.1, -0.05) is 0 Å². The topological polar surface area (TPSA) is 87.0 Å². The van der Waals surface area contributed by atoms with Crippen LogP contribution in [-0.4, -0.2) is 34.4 Å². The second-order valence-electron chi connectivity index (χ2n) is 6.42. The Morgan fingerprint density at radius 3 is 2.85 bits per heavy atom. The van der Waals surface area contributed by atoms with E-state index in [1.54, 1.807) is 30.3 Å². The van der Waals surface area contributed by atoms with E-state index in [2.05, 4.69) is 15.3 Å². The van der Waals surface area contributed by atoms with Crippen LogP contribution < -0.4 is 11.1 Å². The summed E-state index contributed by atoms with van der Waals surface area (Å²) in [5, 5.41) is 2.90. The second kappa shape index (κ2) is 6.39. The molecule has 27 heavy (non-hydrogen) atoms. The Hall–Kier alpha value is -3.42. The first-order chi connectivity index (χ1) is 12.9. The summed E-state index contributed by atoms with van der Waals surface area (Å²) in [5.41, 5.74) is 8.53. The number of aromatic amines is 1. The number of H-pyrrole nitrogens is 1. The second-order valence-corrected chi connectivity index (χ2v) is 6.42. The fraction of sp³-hybridized carbons (Fsp3) is 0.158. The number of nitrogens with zero attached hydrogens (tertiary/aromatic N) is 2. The zero-order valence-electron chi connectivity index (χ0n) is 14.5. The van der Waals surface area contributed by atoms with E-state index >= 15 is 0 Å². The summed E-state index contributed by atoms with van der Waals surface area (Å²) in [6, 6.07) is 6.51. The Morgan fingerprint density at radius 2 is 2.07 bits per heavy atom. The van der Waals surface area contributed by atoms with Crippen molar-refractivity contribution >= 4 is 23.1 Å². The van der Waals surface area contributed by atoms with E-state index in [1.807, 2.05) is 0 Å². The zero-order chi connectivity index (χ0) is 19.1. The third-order valence-electron chi connectivity index (χ3n) is 4.59. The molecule has 0 bridgehead atoms. The molecule has 0 spiro atoms. The summed E-state index contributed by atoms with van der Waals surface area (Å²) in [5.74, 6) is -1.09. The van der Waals surface area contributed by atoms with E-state index in [0.717, 1.165) is 23.9 Å². The lowest BCUT2D eigenvalue weighted by Gasteiger charge is -2.23. The number of anilines is 3. The van der Waals surface area contributed by atoms with E-state index in [9.17, 15) is 13.6 Å². The van der Waals surface area contributed by atoms with Crippen LogP contribution >= 0.6 is 0 Å². The third kappa shape index (κ3) is 2.99. The Kier molecular flexibility index (Phi) is 4.02. The summed E-state index contributed by atoms with van der Waals surface area (Å²) in [4.78, 5) is 21.6. The summed E-state index contributed by atoms with van der Waals surface area (Å²) in [7, 11) is 1.70. The van der Waals surface area contributed by atoms with E-state index < -0.39 is 11.6 Å². The Labute approximate surface area is 154 Å². The number of nitrogens with two attached hydrogens (primary N) is 1. The van der Waals surface area contributed by atoms with Crippen molar-refractivity contribution in [3.63, 3.8) is 0 Å². The van der Waals surface area contributed by atoms with Crippen LogP contribution in [0.15, 0.2) is 36.5 Å². The first kappa shape index (κ1) is 17.0. The minimum Gasteiger partial charge on any atom is -0.384 e. The molecule has 0 fully saturated rings. The molecule has 1 aliphatic heterocycles. The van der Waals surface area contributed by atoms with Crippen LogP contribution in [0.25, 0.3) is 11.3 Å². The largest absolute Gasteiger partial charge is 0.384 e. The highest BCUT2D eigenvalue weighted by molar-refractivity contribution is 6.06. The molecule has 4 N–H and O–H groups in total. The molecule has 3 aromatic rings. The quantitative estimate of drug-likeness (QED) is 0.661. The number of pyridine rings is 1. The third-order valence-corrected chi connectivity index (χ3v) is 4.59. The van der Waals surface area contributed by atoms with Gasteiger partial charge < -0.3 is 20.9 Å². The number of rotatable bonds is 3. The van der Waals surface area contributed by atoms with Crippen molar-refractivity contribution in [2.45, 2.75) is 6.42 Å². The number of hydrogen-bond acceptors (Lipinski definition) is 4. The van der Waals surface area contributed by atoms with Crippen molar-refractivity contribution in [2.24, 2.45) is 0 Å². The standard InChI is InChI=1S/C19H17F2N5O/c1-26-7-5-13-16(19(26)27)18(25-14-9-11(20)2-3-12(14)21)17(24-13)10-4-6-23-15(22)8-10/h2-4,6,8-9,24-25H,5,7H2,1H3,(H2,22,23). The van der Waals surface area contributed by atoms with Crippen LogP contribution in [0.4, 0.5) is 26.0 Å². The number of fused-ring (bicyclic) bond motifs is 1. The van der Waals surface area contributed by atoms with Gasteiger partial charge in [0.15, 0.2) is 0 Å². The van der Waals surface area contributed by atoms with Gasteiger partial charge in [-0.3, -0.25) is 4.79 Å². The molecular weight excluding hydrogens is 352 g/mol. The monoisotopic (exact) mass is 369 g/mol. The summed E-state index contributed by atoms with van der Waals surface area (Å²) in [6.45, 7) is 0.567. The molecule has 0 atom stereocenters. The smallest absolute Gasteiger partial charge is 0.257 e. The predicted molar refractivity (Wildman–Crippen MR) is 98.7 cm³/mol. The highest BCUT2D eigenvalue weighted by Crippen LogP contribution is 2.38. The molecule has 0 saturated heterocycles. The lowest BCUT2D eigenvalue weighted by Crippen LogP contribution is -2.34. The van der Waals surface area contributed by atoms with Crippen molar-refractivity contribution in [1.29, 1.82) is 0 Å². The number of carbonyl (C=O) groups excluding carboxylic acids is 1. The number of likely N-dealkylation sites (N-methyl/N-ethyl adjacent to an activating group) is 1. The number of carbonyl (C=O) groups is 1. The molecule has 8 heteroatoms. The van der Waals surface area contributed by atoms with Gasteiger partial charge in [-0.05, 0) is 24.3 Å². The SMILES string of the molecule is CN1CCc2[nH]c(-c3ccnc(N)c3)c(Nc3cc(F)ccc3F)c2C1=O. The first-order valence-electron chi connectivity index (χ1n) is 8.38. The maximum atomic E-state index is 14.2. The molecular formula is C19H17F2N5O. The maximum absolute atomic E-state index is 14.2. The molecule has 6 nitrogen and oxygen atoms in total. The normalized spacial score (nSPS) is 13.6. The van der Waals surface area contributed by atoms with Gasteiger partial charge in [-0.25, -0.2) is 13.8 Å². The van der Waals surface area contributed by atoms with Crippen LogP contribution in [0.5, 0.6) is 0 Å². The summed E-state index contributed by atoms with van der Waals surface area (Å²) >= 11 is 0. The number of benzene rings is 1. The van der Waals surface area contributed by atoms with Gasteiger partial charge in [0.2, 0.25) is 0 Å². The van der Waals surface area contributed by atoms with Crippen LogP contribution in [0, 0.1) is 11.6 Å². The van der Waals surface area contributed by atoms with Crippen molar-refractivity contribution in [2.75, 3.05) is 24.6 Å². The fourth-order valence-electron chi connectivity index (χ4n) is 3.22. The molecule has 3 heterocycles. The number of nitrogens with one attached hydrogen (secondary N) is 2. The molecule has 4 rings (SSSR count). The lowest BCUT2D eigenvalue weighted by molar-refractivity contribution is 0.0781. The van der Waals surface area contributed by atoms with Gasteiger partial charge in [-0.15, -0.1) is 0 Å². The number of halogens is 2. The highest BCUT2D eigenvalue weighted by Gasteiger charge is 2.30. The van der Waals surface area contributed by atoms with Crippen molar-refractivity contribution < 1.29 is 13.6 Å². The Morgan fingerprint density at radius 1 is 1.26 bits per heavy atom. The Balaban J connectivity index is 1.91. The van der Waals surface area contributed by atoms with Crippen molar-refractivity contribution in [1.82, 2.24) is 14.9 Å². The number of hydrogen-bond donors (Lipinski definition) is 3. The first-order valence-corrected chi connectivity index (χ1v) is 8.38. The minimum atomic E-state index is -0.622. The fourth-order valence-corrected chi connectivity index (χ4v) is 3.22. The van der Waals surface area contributed by atoms with Crippen molar-refractivity contribution in [3.05, 3.63) is 59.4 Å². The Bertz CT molecular complexity index is 1050. The number of nitrogen functional groups attached to an aromatic ring is 1. The van der Waals surface area contributed by atoms with Gasteiger partial charge in [-0.2, -0.15) is 0 Å². The van der Waals surface area contributed by atoms with E-state index in [0.29, 0.717) is 41.3 Å². The van der Waals surface area contributed by atoms with E-state index in [4.69, 9.17) is 5.73 Å². The van der Waals surface area contributed by atoms with Crippen LogP contribution in [0.2, 0.25) is 0 Å². The average molecular weight is 369 g/mol. The zero-order valence-corrected chi connectivity index (χ0v) is 14.5. The van der Waals surface area contributed by atoms with E-state index in [-0.39, 0.29) is 11.6 Å². The van der Waals surface area contributed by atoms with Crippen LogP contribution in [0.3, 0.4) is 0 Å². The molecule has 138 valence electrons. The minimum absolute atomic E-state index is 0.0545. The van der Waals surface area contributed by atoms with Crippen molar-refractivity contribution in [3.8, 4) is 11.3 Å². The van der Waals surface area contributed by atoms with Crippen LogP contribution in [-0.2, 0) is 6.42 Å². The lowest BCUT2D eigenvalue weighted by atomic mass is 10.0. The van der Waals surface area contributed by atoms with Gasteiger partial charge in [0.25, 0.3) is 5.91 Å². The summed E-state index contributed by atoms with van der Waals surface area (Å²) in [6.07, 6.45) is 2.17. The molecule has 0 aliphatic carbocycles. The predicted octanol–water partition coefficient (Wildman–Crippen LogP) is 3.31. The van der Waals surface area contributed by atoms with Gasteiger partial charge in [0.1, 0.15) is 17.5 Å². The van der Waals surface area contributed by atoms with E-state index in [1.165, 1.54) is 0 Å². The molecule has 0 radical (unpaired) electrons. The summed E-state index contributed by atoms with van der Waals surface area (Å²) < 4.78 is 27.8. The van der Waals surface area contributed by atoms with Gasteiger partial charge in [0.05, 0.1) is 22.6 Å². The highest BCUT2D eigenvalue weighted by atomic mass is 19.1. The maximum Gasteiger partial charge on any atom is 0.257 e. The molecule has 1 amide bonds. The molecule has 2 aromatic heterocycles. The van der Waals surface area contributed by atoms with Crippen LogP contribution in [0.1, 0.15) is 16.1 Å².